The Balaban J connectivity index is 2.10. The number of hydrogen-bond donors (Lipinski definition) is 0. The maximum Gasteiger partial charge on any atom is 0.208 e. The van der Waals surface area contributed by atoms with E-state index in [0.29, 0.717) is 4.83 Å². The first-order valence-corrected chi connectivity index (χ1v) is 6.57. The first kappa shape index (κ1) is 10.4. The molecule has 1 aromatic rings. The number of alkyl halides is 1. The third kappa shape index (κ3) is 2.25. The van der Waals surface area contributed by atoms with Gasteiger partial charge in [-0.05, 0) is 19.3 Å². The van der Waals surface area contributed by atoms with Crippen LogP contribution in [0.5, 0.6) is 0 Å². The van der Waals surface area contributed by atoms with Crippen molar-refractivity contribution >= 4 is 32.4 Å². The molecule has 0 radical (unpaired) electrons. The summed E-state index contributed by atoms with van der Waals surface area (Å²) in [7, 11) is 0. The predicted octanol–water partition coefficient (Wildman–Crippen LogP) is 2.46. The fourth-order valence-corrected chi connectivity index (χ4v) is 3.54. The summed E-state index contributed by atoms with van der Waals surface area (Å²) in [4.78, 5) is 2.92. The van der Waals surface area contributed by atoms with Crippen LogP contribution in [0.1, 0.15) is 18.4 Å². The summed E-state index contributed by atoms with van der Waals surface area (Å²) in [6.07, 6.45) is 1.26. The van der Waals surface area contributed by atoms with Gasteiger partial charge in [-0.2, -0.15) is 0 Å². The van der Waals surface area contributed by atoms with Crippen LogP contribution in [0.25, 0.3) is 0 Å². The third-order valence-electron chi connectivity index (χ3n) is 2.39. The Morgan fingerprint density at radius 3 is 2.79 bits per heavy atom. The second-order valence-corrected chi connectivity index (χ2v) is 6.40. The summed E-state index contributed by atoms with van der Waals surface area (Å²) in [6, 6.07) is 0. The van der Waals surface area contributed by atoms with Gasteiger partial charge < -0.3 is 4.90 Å². The standard InChI is InChI=1S/C9H14BrN3S/c1-6-3-8(10)5-13(4-6)9-12-11-7(2)14-9/h6,8H,3-5H2,1-2H3. The largest absolute Gasteiger partial charge is 0.345 e. The zero-order chi connectivity index (χ0) is 10.1. The van der Waals surface area contributed by atoms with E-state index in [2.05, 4.69) is 38.0 Å². The van der Waals surface area contributed by atoms with Crippen LogP contribution in [-0.4, -0.2) is 28.1 Å². The first-order valence-electron chi connectivity index (χ1n) is 4.84. The maximum atomic E-state index is 4.18. The van der Waals surface area contributed by atoms with Crippen molar-refractivity contribution < 1.29 is 0 Å². The highest BCUT2D eigenvalue weighted by molar-refractivity contribution is 9.09. The zero-order valence-corrected chi connectivity index (χ0v) is 10.8. The maximum absolute atomic E-state index is 4.18. The van der Waals surface area contributed by atoms with Crippen molar-refractivity contribution in [2.75, 3.05) is 18.0 Å². The molecular formula is C9H14BrN3S. The van der Waals surface area contributed by atoms with E-state index in [0.717, 1.165) is 29.1 Å². The van der Waals surface area contributed by atoms with E-state index in [-0.39, 0.29) is 0 Å². The molecule has 78 valence electrons. The smallest absolute Gasteiger partial charge is 0.208 e. The van der Waals surface area contributed by atoms with Gasteiger partial charge in [0.25, 0.3) is 0 Å². The molecular weight excluding hydrogens is 262 g/mol. The van der Waals surface area contributed by atoms with Gasteiger partial charge in [0, 0.05) is 17.9 Å². The van der Waals surface area contributed by atoms with Gasteiger partial charge in [-0.15, -0.1) is 10.2 Å². The molecule has 2 atom stereocenters. The Morgan fingerprint density at radius 1 is 1.43 bits per heavy atom. The molecule has 0 aliphatic carbocycles. The minimum absolute atomic E-state index is 0.593. The fourth-order valence-electron chi connectivity index (χ4n) is 1.85. The van der Waals surface area contributed by atoms with Crippen molar-refractivity contribution in [3.8, 4) is 0 Å². The molecule has 0 amide bonds. The summed E-state index contributed by atoms with van der Waals surface area (Å²) >= 11 is 5.37. The molecule has 0 N–H and O–H groups in total. The average molecular weight is 276 g/mol. The number of rotatable bonds is 1. The van der Waals surface area contributed by atoms with Crippen LogP contribution in [0.4, 0.5) is 5.13 Å². The predicted molar refractivity (Wildman–Crippen MR) is 63.4 cm³/mol. The molecule has 1 aliphatic rings. The number of piperidine rings is 1. The first-order chi connectivity index (χ1) is 6.65. The van der Waals surface area contributed by atoms with Crippen LogP contribution in [0.3, 0.4) is 0 Å². The Bertz CT molecular complexity index is 305. The van der Waals surface area contributed by atoms with Crippen molar-refractivity contribution in [3.63, 3.8) is 0 Å². The molecule has 2 unspecified atom stereocenters. The molecule has 0 aromatic carbocycles. The van der Waals surface area contributed by atoms with Crippen LogP contribution in [0.15, 0.2) is 0 Å². The Hall–Kier alpha value is -0.160. The van der Waals surface area contributed by atoms with Gasteiger partial charge in [0.05, 0.1) is 0 Å². The number of anilines is 1. The number of aryl methyl sites for hydroxylation is 1. The molecule has 1 aromatic heterocycles. The molecule has 2 rings (SSSR count). The molecule has 1 fully saturated rings. The Labute approximate surface area is 96.7 Å². The van der Waals surface area contributed by atoms with Crippen molar-refractivity contribution in [3.05, 3.63) is 5.01 Å². The summed E-state index contributed by atoms with van der Waals surface area (Å²) in [5.41, 5.74) is 0. The molecule has 1 saturated heterocycles. The number of halogens is 1. The minimum atomic E-state index is 0.593. The van der Waals surface area contributed by atoms with Crippen LogP contribution in [-0.2, 0) is 0 Å². The highest BCUT2D eigenvalue weighted by atomic mass is 79.9. The van der Waals surface area contributed by atoms with Gasteiger partial charge in [-0.1, -0.05) is 34.2 Å². The molecule has 0 spiro atoms. The van der Waals surface area contributed by atoms with Crippen LogP contribution < -0.4 is 4.90 Å². The highest BCUT2D eigenvalue weighted by Gasteiger charge is 2.24. The van der Waals surface area contributed by atoms with Gasteiger partial charge >= 0.3 is 0 Å². The Kier molecular flexibility index (Phi) is 3.07. The van der Waals surface area contributed by atoms with E-state index in [1.54, 1.807) is 11.3 Å². The number of hydrogen-bond acceptors (Lipinski definition) is 4. The van der Waals surface area contributed by atoms with Gasteiger partial charge in [0.2, 0.25) is 5.13 Å². The lowest BCUT2D eigenvalue weighted by Crippen LogP contribution is -2.40. The summed E-state index contributed by atoms with van der Waals surface area (Å²) < 4.78 is 0. The lowest BCUT2D eigenvalue weighted by atomic mass is 10.0. The van der Waals surface area contributed by atoms with Gasteiger partial charge in [0.1, 0.15) is 5.01 Å². The molecule has 1 aliphatic heterocycles. The van der Waals surface area contributed by atoms with Crippen LogP contribution in [0, 0.1) is 12.8 Å². The van der Waals surface area contributed by atoms with Crippen molar-refractivity contribution in [1.82, 2.24) is 10.2 Å². The molecule has 0 saturated carbocycles. The van der Waals surface area contributed by atoms with E-state index >= 15 is 0 Å². The lowest BCUT2D eigenvalue weighted by molar-refractivity contribution is 0.458. The molecule has 3 nitrogen and oxygen atoms in total. The van der Waals surface area contributed by atoms with Crippen molar-refractivity contribution in [1.29, 1.82) is 0 Å². The van der Waals surface area contributed by atoms with Gasteiger partial charge in [0.15, 0.2) is 0 Å². The quantitative estimate of drug-likeness (QED) is 0.738. The second-order valence-electron chi connectivity index (χ2n) is 3.95. The topological polar surface area (TPSA) is 29.0 Å². The van der Waals surface area contributed by atoms with E-state index in [4.69, 9.17) is 0 Å². The fraction of sp³-hybridized carbons (Fsp3) is 0.778. The van der Waals surface area contributed by atoms with Crippen molar-refractivity contribution in [2.45, 2.75) is 25.1 Å². The molecule has 5 heteroatoms. The third-order valence-corrected chi connectivity index (χ3v) is 3.96. The number of aromatic nitrogens is 2. The lowest BCUT2D eigenvalue weighted by Gasteiger charge is -2.33. The molecule has 14 heavy (non-hydrogen) atoms. The van der Waals surface area contributed by atoms with Gasteiger partial charge in [-0.25, -0.2) is 0 Å². The van der Waals surface area contributed by atoms with E-state index in [1.165, 1.54) is 6.42 Å². The Morgan fingerprint density at radius 2 is 2.21 bits per heavy atom. The summed E-state index contributed by atoms with van der Waals surface area (Å²) in [5, 5.41) is 10.3. The van der Waals surface area contributed by atoms with E-state index in [9.17, 15) is 0 Å². The van der Waals surface area contributed by atoms with Gasteiger partial charge in [-0.3, -0.25) is 0 Å². The molecule has 0 bridgehead atoms. The van der Waals surface area contributed by atoms with E-state index < -0.39 is 0 Å². The minimum Gasteiger partial charge on any atom is -0.345 e. The van der Waals surface area contributed by atoms with E-state index in [1.807, 2.05) is 6.92 Å². The second kappa shape index (κ2) is 4.14. The summed E-state index contributed by atoms with van der Waals surface area (Å²) in [6.45, 7) is 6.45. The SMILES string of the molecule is Cc1nnc(N2CC(C)CC(Br)C2)s1. The van der Waals surface area contributed by atoms with Crippen LogP contribution in [0.2, 0.25) is 0 Å². The number of nitrogens with zero attached hydrogens (tertiary/aromatic N) is 3. The summed E-state index contributed by atoms with van der Waals surface area (Å²) in [5.74, 6) is 0.734. The van der Waals surface area contributed by atoms with Crippen molar-refractivity contribution in [2.24, 2.45) is 5.92 Å². The average Bonchev–Trinajstić information content (AvgIpc) is 2.50. The zero-order valence-electron chi connectivity index (χ0n) is 8.40. The molecule has 2 heterocycles. The normalized spacial score (nSPS) is 28.1. The highest BCUT2D eigenvalue weighted by Crippen LogP contribution is 2.28. The monoisotopic (exact) mass is 275 g/mol. The van der Waals surface area contributed by atoms with Crippen LogP contribution >= 0.6 is 27.3 Å².